The third-order valence-electron chi connectivity index (χ3n) is 3.74. The summed E-state index contributed by atoms with van der Waals surface area (Å²) >= 11 is 0. The van der Waals surface area contributed by atoms with E-state index in [1.54, 1.807) is 7.11 Å². The van der Waals surface area contributed by atoms with Gasteiger partial charge in [0.25, 0.3) is 0 Å². The van der Waals surface area contributed by atoms with E-state index >= 15 is 0 Å². The number of methoxy groups -OCH3 is 1. The Kier molecular flexibility index (Phi) is 7.82. The third kappa shape index (κ3) is 5.84. The van der Waals surface area contributed by atoms with Crippen LogP contribution in [-0.2, 0) is 9.47 Å². The van der Waals surface area contributed by atoms with Crippen molar-refractivity contribution in [2.75, 3.05) is 33.5 Å². The van der Waals surface area contributed by atoms with Gasteiger partial charge in [0.05, 0.1) is 19.8 Å². The van der Waals surface area contributed by atoms with Gasteiger partial charge in [-0.1, -0.05) is 26.7 Å². The molecule has 0 heterocycles. The minimum atomic E-state index is 0.527. The first-order valence-electron chi connectivity index (χ1n) is 7.08. The smallest absolute Gasteiger partial charge is 0.0701 e. The lowest BCUT2D eigenvalue weighted by molar-refractivity contribution is 0.0426. The summed E-state index contributed by atoms with van der Waals surface area (Å²) in [6.07, 6.45) is 5.49. The van der Waals surface area contributed by atoms with Crippen LogP contribution in [0.25, 0.3) is 0 Å². The summed E-state index contributed by atoms with van der Waals surface area (Å²) in [6.45, 7) is 7.81. The molecule has 0 spiro atoms. The lowest BCUT2D eigenvalue weighted by Crippen LogP contribution is -2.42. The molecule has 17 heavy (non-hydrogen) atoms. The second-order valence-electron chi connectivity index (χ2n) is 5.26. The van der Waals surface area contributed by atoms with E-state index in [0.717, 1.165) is 25.0 Å². The van der Waals surface area contributed by atoms with E-state index in [-0.39, 0.29) is 0 Å². The molecule has 0 saturated heterocycles. The van der Waals surface area contributed by atoms with Gasteiger partial charge in [0.15, 0.2) is 0 Å². The summed E-state index contributed by atoms with van der Waals surface area (Å²) in [6, 6.07) is 0.527. The van der Waals surface area contributed by atoms with Crippen LogP contribution < -0.4 is 5.32 Å². The van der Waals surface area contributed by atoms with Crippen molar-refractivity contribution in [3.05, 3.63) is 0 Å². The predicted octanol–water partition coefficient (Wildman–Crippen LogP) is 2.45. The van der Waals surface area contributed by atoms with Crippen LogP contribution in [0.2, 0.25) is 0 Å². The second kappa shape index (κ2) is 8.90. The lowest BCUT2D eigenvalue weighted by Gasteiger charge is -2.33. The maximum absolute atomic E-state index is 5.69. The van der Waals surface area contributed by atoms with E-state index in [1.807, 2.05) is 0 Å². The zero-order chi connectivity index (χ0) is 12.5. The van der Waals surface area contributed by atoms with Crippen LogP contribution in [0.1, 0.15) is 39.5 Å². The highest BCUT2D eigenvalue weighted by Gasteiger charge is 2.26. The first-order valence-corrected chi connectivity index (χ1v) is 7.08. The number of ether oxygens (including phenoxy) is 2. The fraction of sp³-hybridized carbons (Fsp3) is 1.00. The molecule has 0 aliphatic heterocycles. The molecule has 3 nitrogen and oxygen atoms in total. The first-order chi connectivity index (χ1) is 8.27. The molecule has 1 fully saturated rings. The number of hydrogen-bond acceptors (Lipinski definition) is 3. The van der Waals surface area contributed by atoms with Crippen molar-refractivity contribution in [1.29, 1.82) is 0 Å². The molecule has 3 heteroatoms. The van der Waals surface area contributed by atoms with Crippen molar-refractivity contribution >= 4 is 0 Å². The molecule has 0 aromatic heterocycles. The molecule has 3 atom stereocenters. The van der Waals surface area contributed by atoms with E-state index in [1.165, 1.54) is 25.7 Å². The van der Waals surface area contributed by atoms with Gasteiger partial charge in [-0.15, -0.1) is 0 Å². The summed E-state index contributed by atoms with van der Waals surface area (Å²) in [5.41, 5.74) is 0. The molecule has 0 aromatic rings. The van der Waals surface area contributed by atoms with Crippen LogP contribution in [0.5, 0.6) is 0 Å². The second-order valence-corrected chi connectivity index (χ2v) is 5.26. The quantitative estimate of drug-likeness (QED) is 0.664. The van der Waals surface area contributed by atoms with Gasteiger partial charge in [0, 0.05) is 13.2 Å². The van der Waals surface area contributed by atoms with Crippen molar-refractivity contribution in [1.82, 2.24) is 5.32 Å². The Morgan fingerprint density at radius 3 is 2.76 bits per heavy atom. The molecule has 0 radical (unpaired) electrons. The molecule has 102 valence electrons. The Balaban J connectivity index is 2.30. The van der Waals surface area contributed by atoms with Crippen LogP contribution in [0.15, 0.2) is 0 Å². The normalized spacial score (nSPS) is 27.0. The maximum Gasteiger partial charge on any atom is 0.0701 e. The molecule has 1 rings (SSSR count). The summed E-state index contributed by atoms with van der Waals surface area (Å²) in [5.74, 6) is 1.68. The molecule has 1 N–H and O–H groups in total. The van der Waals surface area contributed by atoms with Crippen LogP contribution in [0.3, 0.4) is 0 Å². The molecule has 1 aliphatic rings. The number of rotatable bonds is 8. The summed E-state index contributed by atoms with van der Waals surface area (Å²) in [4.78, 5) is 0. The van der Waals surface area contributed by atoms with Gasteiger partial charge < -0.3 is 14.8 Å². The van der Waals surface area contributed by atoms with Crippen LogP contribution in [0, 0.1) is 11.8 Å². The van der Waals surface area contributed by atoms with Crippen molar-refractivity contribution in [2.24, 2.45) is 11.8 Å². The highest BCUT2D eigenvalue weighted by molar-refractivity contribution is 4.81. The van der Waals surface area contributed by atoms with Gasteiger partial charge in [-0.25, -0.2) is 0 Å². The van der Waals surface area contributed by atoms with Gasteiger partial charge in [-0.2, -0.15) is 0 Å². The van der Waals surface area contributed by atoms with E-state index in [4.69, 9.17) is 9.47 Å². The fourth-order valence-electron chi connectivity index (χ4n) is 2.82. The van der Waals surface area contributed by atoms with E-state index in [9.17, 15) is 0 Å². The van der Waals surface area contributed by atoms with Crippen LogP contribution in [0.4, 0.5) is 0 Å². The van der Waals surface area contributed by atoms with Gasteiger partial charge in [-0.05, 0) is 31.2 Å². The number of likely N-dealkylation sites (N-methyl/N-ethyl adjacent to an activating group) is 1. The Hall–Kier alpha value is -0.120. The zero-order valence-electron chi connectivity index (χ0n) is 11.7. The largest absolute Gasteiger partial charge is 0.382 e. The summed E-state index contributed by atoms with van der Waals surface area (Å²) in [5, 5.41) is 3.58. The zero-order valence-corrected chi connectivity index (χ0v) is 11.7. The molecule has 0 aromatic carbocycles. The monoisotopic (exact) mass is 243 g/mol. The van der Waals surface area contributed by atoms with Gasteiger partial charge in [-0.3, -0.25) is 0 Å². The summed E-state index contributed by atoms with van der Waals surface area (Å²) in [7, 11) is 1.72. The third-order valence-corrected chi connectivity index (χ3v) is 3.74. The van der Waals surface area contributed by atoms with Crippen LogP contribution >= 0.6 is 0 Å². The van der Waals surface area contributed by atoms with Crippen molar-refractivity contribution in [2.45, 2.75) is 45.6 Å². The topological polar surface area (TPSA) is 30.5 Å². The van der Waals surface area contributed by atoms with E-state index in [0.29, 0.717) is 19.3 Å². The lowest BCUT2D eigenvalue weighted by atomic mass is 9.79. The molecule has 0 bridgehead atoms. The minimum Gasteiger partial charge on any atom is -0.382 e. The Morgan fingerprint density at radius 2 is 2.12 bits per heavy atom. The predicted molar refractivity (Wildman–Crippen MR) is 71.3 cm³/mol. The number of nitrogens with one attached hydrogen (secondary N) is 1. The molecular weight excluding hydrogens is 214 g/mol. The van der Waals surface area contributed by atoms with Gasteiger partial charge >= 0.3 is 0 Å². The molecule has 1 aliphatic carbocycles. The van der Waals surface area contributed by atoms with Crippen molar-refractivity contribution in [3.63, 3.8) is 0 Å². The molecular formula is C14H29NO2. The summed E-state index contributed by atoms with van der Waals surface area (Å²) < 4.78 is 10.7. The average molecular weight is 243 g/mol. The number of hydrogen-bond donors (Lipinski definition) is 1. The Labute approximate surface area is 106 Å². The van der Waals surface area contributed by atoms with Gasteiger partial charge in [0.2, 0.25) is 0 Å². The molecule has 0 amide bonds. The SMILES string of the molecule is CCNC(COCCOC)C1CCCC(C)C1. The molecule has 3 unspecified atom stereocenters. The Bertz CT molecular complexity index is 187. The van der Waals surface area contributed by atoms with Gasteiger partial charge in [0.1, 0.15) is 0 Å². The minimum absolute atomic E-state index is 0.527. The van der Waals surface area contributed by atoms with Crippen molar-refractivity contribution in [3.8, 4) is 0 Å². The Morgan fingerprint density at radius 1 is 1.29 bits per heavy atom. The standard InChI is InChI=1S/C14H29NO2/c1-4-15-14(11-17-9-8-16-3)13-7-5-6-12(2)10-13/h12-15H,4-11H2,1-3H3. The van der Waals surface area contributed by atoms with Crippen molar-refractivity contribution < 1.29 is 9.47 Å². The van der Waals surface area contributed by atoms with Crippen LogP contribution in [-0.4, -0.2) is 39.5 Å². The highest BCUT2D eigenvalue weighted by Crippen LogP contribution is 2.30. The average Bonchev–Trinajstić information content (AvgIpc) is 2.33. The maximum atomic E-state index is 5.69. The fourth-order valence-corrected chi connectivity index (χ4v) is 2.82. The van der Waals surface area contributed by atoms with E-state index in [2.05, 4.69) is 19.2 Å². The first kappa shape index (κ1) is 14.9. The van der Waals surface area contributed by atoms with E-state index < -0.39 is 0 Å². The highest BCUT2D eigenvalue weighted by atomic mass is 16.5. The molecule has 1 saturated carbocycles.